The molecule has 2 nitrogen and oxygen atoms in total. The third kappa shape index (κ3) is 1.82. The second-order valence-corrected chi connectivity index (χ2v) is 4.94. The lowest BCUT2D eigenvalue weighted by Crippen LogP contribution is -2.17. The maximum Gasteiger partial charge on any atom is 0.231 e. The zero-order valence-electron chi connectivity index (χ0n) is 10.8. The number of aryl methyl sites for hydroxylation is 1. The molecular weight excluding hydrogens is 241 g/mol. The summed E-state index contributed by atoms with van der Waals surface area (Å²) in [5.74, 6) is -0.771. The fraction of sp³-hybridized carbons (Fsp3) is 0.188. The van der Waals surface area contributed by atoms with Crippen LogP contribution in [0.4, 0.5) is 10.1 Å². The molecule has 0 bridgehead atoms. The van der Waals surface area contributed by atoms with Gasteiger partial charge < -0.3 is 5.32 Å². The van der Waals surface area contributed by atoms with E-state index in [4.69, 9.17) is 0 Å². The molecule has 0 fully saturated rings. The maximum atomic E-state index is 13.5. The van der Waals surface area contributed by atoms with Crippen LogP contribution in [-0.4, -0.2) is 5.91 Å². The van der Waals surface area contributed by atoms with Crippen molar-refractivity contribution in [1.82, 2.24) is 0 Å². The first-order valence-electron chi connectivity index (χ1n) is 6.28. The minimum Gasteiger partial charge on any atom is -0.325 e. The van der Waals surface area contributed by atoms with Crippen LogP contribution in [0.25, 0.3) is 11.1 Å². The molecular formula is C16H14FNO. The average Bonchev–Trinajstić information content (AvgIpc) is 2.49. The van der Waals surface area contributed by atoms with Gasteiger partial charge in [0.1, 0.15) is 5.82 Å². The van der Waals surface area contributed by atoms with E-state index >= 15 is 0 Å². The predicted molar refractivity (Wildman–Crippen MR) is 73.6 cm³/mol. The van der Waals surface area contributed by atoms with Gasteiger partial charge in [-0.3, -0.25) is 4.79 Å². The van der Waals surface area contributed by atoms with E-state index in [1.807, 2.05) is 25.1 Å². The van der Waals surface area contributed by atoms with E-state index in [2.05, 4.69) is 5.32 Å². The van der Waals surface area contributed by atoms with E-state index in [0.29, 0.717) is 0 Å². The van der Waals surface area contributed by atoms with Crippen molar-refractivity contribution in [3.63, 3.8) is 0 Å². The van der Waals surface area contributed by atoms with Gasteiger partial charge in [0.25, 0.3) is 0 Å². The van der Waals surface area contributed by atoms with Crippen molar-refractivity contribution in [2.45, 2.75) is 19.8 Å². The summed E-state index contributed by atoms with van der Waals surface area (Å²) in [5.41, 5.74) is 4.44. The largest absolute Gasteiger partial charge is 0.325 e. The van der Waals surface area contributed by atoms with E-state index in [1.165, 1.54) is 12.1 Å². The van der Waals surface area contributed by atoms with Crippen LogP contribution in [0.3, 0.4) is 0 Å². The topological polar surface area (TPSA) is 29.1 Å². The molecule has 0 radical (unpaired) electrons. The van der Waals surface area contributed by atoms with Gasteiger partial charge in [0.05, 0.1) is 11.6 Å². The molecule has 0 saturated heterocycles. The summed E-state index contributed by atoms with van der Waals surface area (Å²) in [6, 6.07) is 10.5. The molecule has 2 aromatic rings. The van der Waals surface area contributed by atoms with Crippen molar-refractivity contribution in [3.8, 4) is 11.1 Å². The average molecular weight is 255 g/mol. The van der Waals surface area contributed by atoms with Crippen molar-refractivity contribution in [3.05, 3.63) is 53.3 Å². The molecule has 1 aliphatic heterocycles. The number of rotatable bonds is 0. The van der Waals surface area contributed by atoms with Gasteiger partial charge >= 0.3 is 0 Å². The maximum absolute atomic E-state index is 13.5. The van der Waals surface area contributed by atoms with Crippen LogP contribution >= 0.6 is 0 Å². The van der Waals surface area contributed by atoms with Crippen LogP contribution in [0.2, 0.25) is 0 Å². The Morgan fingerprint density at radius 2 is 1.95 bits per heavy atom. The van der Waals surface area contributed by atoms with Crippen molar-refractivity contribution < 1.29 is 9.18 Å². The number of carbonyl (C=O) groups is 1. The highest BCUT2D eigenvalue weighted by molar-refractivity contribution is 6.04. The second-order valence-electron chi connectivity index (χ2n) is 4.94. The number of amides is 1. The third-order valence-corrected chi connectivity index (χ3v) is 3.68. The lowest BCUT2D eigenvalue weighted by molar-refractivity contribution is -0.117. The van der Waals surface area contributed by atoms with E-state index < -0.39 is 0 Å². The number of fused-ring (bicyclic) bond motifs is 3. The van der Waals surface area contributed by atoms with Crippen molar-refractivity contribution in [1.29, 1.82) is 0 Å². The van der Waals surface area contributed by atoms with Gasteiger partial charge in [-0.15, -0.1) is 0 Å². The summed E-state index contributed by atoms with van der Waals surface area (Å²) in [7, 11) is 0. The normalized spacial score (nSPS) is 17.2. The molecule has 2 aromatic carbocycles. The van der Waals surface area contributed by atoms with Gasteiger partial charge in [0, 0.05) is 5.56 Å². The zero-order chi connectivity index (χ0) is 13.6. The van der Waals surface area contributed by atoms with E-state index in [1.54, 1.807) is 13.0 Å². The summed E-state index contributed by atoms with van der Waals surface area (Å²) in [4.78, 5) is 12.2. The Morgan fingerprint density at radius 1 is 1.16 bits per heavy atom. The summed E-state index contributed by atoms with van der Waals surface area (Å²) in [6.07, 6.45) is 0. The lowest BCUT2D eigenvalue weighted by atomic mass is 9.91. The monoisotopic (exact) mass is 255 g/mol. The molecule has 0 aromatic heterocycles. The number of hydrogen-bond donors (Lipinski definition) is 1. The first-order chi connectivity index (χ1) is 9.08. The van der Waals surface area contributed by atoms with Gasteiger partial charge in [0.2, 0.25) is 5.91 Å². The quantitative estimate of drug-likeness (QED) is 0.761. The van der Waals surface area contributed by atoms with E-state index in [9.17, 15) is 9.18 Å². The molecule has 0 aliphatic carbocycles. The van der Waals surface area contributed by atoms with Gasteiger partial charge in [-0.25, -0.2) is 4.39 Å². The molecule has 1 heterocycles. The number of nitrogens with one attached hydrogen (secondary N) is 1. The van der Waals surface area contributed by atoms with Crippen LogP contribution in [-0.2, 0) is 4.79 Å². The predicted octanol–water partition coefficient (Wildman–Crippen LogP) is 3.86. The molecule has 1 unspecified atom stereocenters. The Kier molecular flexibility index (Phi) is 2.63. The van der Waals surface area contributed by atoms with Crippen molar-refractivity contribution >= 4 is 11.6 Å². The molecule has 1 amide bonds. The molecule has 19 heavy (non-hydrogen) atoms. The van der Waals surface area contributed by atoms with Gasteiger partial charge in [-0.05, 0) is 42.7 Å². The standard InChI is InChI=1S/C16H14FNO/c1-9-4-3-5-13-12-7-6-11(17)8-14(12)10(2)16(19)18-15(9)13/h3-8,10H,1-2H3,(H,18,19). The van der Waals surface area contributed by atoms with Crippen LogP contribution in [0, 0.1) is 12.7 Å². The summed E-state index contributed by atoms with van der Waals surface area (Å²) < 4.78 is 13.5. The Bertz CT molecular complexity index is 678. The highest BCUT2D eigenvalue weighted by atomic mass is 19.1. The molecule has 96 valence electrons. The zero-order valence-corrected chi connectivity index (χ0v) is 10.8. The molecule has 1 atom stereocenters. The van der Waals surface area contributed by atoms with Gasteiger partial charge in [0.15, 0.2) is 0 Å². The van der Waals surface area contributed by atoms with E-state index in [0.717, 1.165) is 27.9 Å². The fourth-order valence-corrected chi connectivity index (χ4v) is 2.57. The number of halogens is 1. The number of benzene rings is 2. The smallest absolute Gasteiger partial charge is 0.231 e. The molecule has 3 rings (SSSR count). The SMILES string of the molecule is Cc1cccc2c1NC(=O)C(C)c1cc(F)ccc1-2. The van der Waals surface area contributed by atoms with Crippen LogP contribution in [0.1, 0.15) is 24.0 Å². The molecule has 0 spiro atoms. The van der Waals surface area contributed by atoms with Crippen LogP contribution < -0.4 is 5.32 Å². The summed E-state index contributed by atoms with van der Waals surface area (Å²) in [6.45, 7) is 3.76. The minimum absolute atomic E-state index is 0.0973. The highest BCUT2D eigenvalue weighted by Crippen LogP contribution is 2.39. The number of para-hydroxylation sites is 1. The lowest BCUT2D eigenvalue weighted by Gasteiger charge is -2.11. The van der Waals surface area contributed by atoms with Gasteiger partial charge in [-0.1, -0.05) is 24.3 Å². The Hall–Kier alpha value is -2.16. The first-order valence-corrected chi connectivity index (χ1v) is 6.28. The first kappa shape index (κ1) is 11.9. The molecule has 0 saturated carbocycles. The summed E-state index contributed by atoms with van der Waals surface area (Å²) in [5, 5.41) is 2.95. The Balaban J connectivity index is 2.36. The van der Waals surface area contributed by atoms with Crippen LogP contribution in [0.5, 0.6) is 0 Å². The molecule has 3 heteroatoms. The molecule has 1 N–H and O–H groups in total. The fourth-order valence-electron chi connectivity index (χ4n) is 2.57. The third-order valence-electron chi connectivity index (χ3n) is 3.68. The Morgan fingerprint density at radius 3 is 2.74 bits per heavy atom. The van der Waals surface area contributed by atoms with Crippen LogP contribution in [0.15, 0.2) is 36.4 Å². The highest BCUT2D eigenvalue weighted by Gasteiger charge is 2.26. The second kappa shape index (κ2) is 4.19. The van der Waals surface area contributed by atoms with Crippen molar-refractivity contribution in [2.24, 2.45) is 0 Å². The molecule has 1 aliphatic rings. The minimum atomic E-state index is -0.363. The number of carbonyl (C=O) groups excluding carboxylic acids is 1. The number of anilines is 1. The van der Waals surface area contributed by atoms with Crippen molar-refractivity contribution in [2.75, 3.05) is 5.32 Å². The van der Waals surface area contributed by atoms with E-state index in [-0.39, 0.29) is 17.6 Å². The number of hydrogen-bond acceptors (Lipinski definition) is 1. The van der Waals surface area contributed by atoms with Gasteiger partial charge in [-0.2, -0.15) is 0 Å². The summed E-state index contributed by atoms with van der Waals surface area (Å²) >= 11 is 0. The Labute approximate surface area is 111 Å².